The predicted octanol–water partition coefficient (Wildman–Crippen LogP) is 11.9. The van der Waals surface area contributed by atoms with Crippen LogP contribution in [0.5, 0.6) is 0 Å². The van der Waals surface area contributed by atoms with Gasteiger partial charge in [-0.15, -0.1) is 0 Å². The summed E-state index contributed by atoms with van der Waals surface area (Å²) in [4.78, 5) is 23.9. The van der Waals surface area contributed by atoms with E-state index in [1.54, 1.807) is 6.20 Å². The molecular formula is C45H22F5N5O. The van der Waals surface area contributed by atoms with Crippen LogP contribution in [-0.2, 0) is 0 Å². The molecular weight excluding hydrogens is 722 g/mol. The predicted molar refractivity (Wildman–Crippen MR) is 205 cm³/mol. The number of fused-ring (bicyclic) bond motifs is 5. The van der Waals surface area contributed by atoms with Gasteiger partial charge in [0, 0.05) is 33.0 Å². The molecule has 0 amide bonds. The van der Waals surface area contributed by atoms with E-state index in [2.05, 4.69) is 11.1 Å². The van der Waals surface area contributed by atoms with Gasteiger partial charge in [-0.25, -0.2) is 41.9 Å². The van der Waals surface area contributed by atoms with Crippen molar-refractivity contribution >= 4 is 43.7 Å². The van der Waals surface area contributed by atoms with Gasteiger partial charge in [-0.3, -0.25) is 4.98 Å². The summed E-state index contributed by atoms with van der Waals surface area (Å²) in [6.07, 6.45) is 1.71. The van der Waals surface area contributed by atoms with Crippen molar-refractivity contribution in [3.8, 4) is 56.5 Å². The minimum atomic E-state index is -2.22. The fourth-order valence-corrected chi connectivity index (χ4v) is 6.98. The summed E-state index contributed by atoms with van der Waals surface area (Å²) in [6, 6.07) is 38.2. The van der Waals surface area contributed by atoms with Crippen LogP contribution in [-0.4, -0.2) is 24.9 Å². The van der Waals surface area contributed by atoms with Crippen LogP contribution in [0.3, 0.4) is 0 Å². The van der Waals surface area contributed by atoms with E-state index in [1.807, 2.05) is 97.1 Å². The van der Waals surface area contributed by atoms with Gasteiger partial charge in [0.25, 0.3) is 0 Å². The molecule has 11 heteroatoms. The number of nitrogens with zero attached hydrogens (tertiary/aromatic N) is 5. The average molecular weight is 744 g/mol. The lowest BCUT2D eigenvalue weighted by atomic mass is 10.0. The molecule has 56 heavy (non-hydrogen) atoms. The van der Waals surface area contributed by atoms with Crippen LogP contribution in [0.1, 0.15) is 0 Å². The van der Waals surface area contributed by atoms with Crippen molar-refractivity contribution in [2.24, 2.45) is 0 Å². The van der Waals surface area contributed by atoms with Gasteiger partial charge >= 0.3 is 0 Å². The zero-order chi connectivity index (χ0) is 38.1. The first-order valence-corrected chi connectivity index (χ1v) is 17.4. The largest absolute Gasteiger partial charge is 0.456 e. The van der Waals surface area contributed by atoms with Gasteiger partial charge in [0.05, 0.1) is 28.5 Å². The Bertz CT molecular complexity index is 3170. The smallest absolute Gasteiger partial charge is 0.200 e. The maximum atomic E-state index is 14.7. The van der Waals surface area contributed by atoms with Gasteiger partial charge in [-0.2, -0.15) is 0 Å². The lowest BCUT2D eigenvalue weighted by Crippen LogP contribution is -2.04. The molecule has 10 aromatic rings. The molecule has 7 aromatic carbocycles. The normalized spacial score (nSPS) is 11.7. The van der Waals surface area contributed by atoms with Crippen LogP contribution >= 0.6 is 0 Å². The molecule has 0 aliphatic carbocycles. The van der Waals surface area contributed by atoms with Crippen molar-refractivity contribution in [3.05, 3.63) is 163 Å². The first-order chi connectivity index (χ1) is 27.3. The Hall–Kier alpha value is -7.40. The van der Waals surface area contributed by atoms with Crippen LogP contribution in [0.2, 0.25) is 0 Å². The average Bonchev–Trinajstić information content (AvgIpc) is 3.61. The number of halogens is 5. The lowest BCUT2D eigenvalue weighted by molar-refractivity contribution is 0.381. The Labute approximate surface area is 313 Å². The Balaban J connectivity index is 1.13. The van der Waals surface area contributed by atoms with E-state index in [0.29, 0.717) is 45.2 Å². The molecule has 0 aliphatic heterocycles. The second-order valence-corrected chi connectivity index (χ2v) is 13.1. The second kappa shape index (κ2) is 12.9. The van der Waals surface area contributed by atoms with E-state index < -0.39 is 34.6 Å². The number of hydrogen-bond donors (Lipinski definition) is 0. The van der Waals surface area contributed by atoms with Gasteiger partial charge in [0.1, 0.15) is 11.2 Å². The van der Waals surface area contributed by atoms with Crippen LogP contribution in [0.4, 0.5) is 22.0 Å². The lowest BCUT2D eigenvalue weighted by Gasteiger charge is -2.11. The van der Waals surface area contributed by atoms with E-state index in [9.17, 15) is 22.0 Å². The zero-order valence-corrected chi connectivity index (χ0v) is 28.7. The van der Waals surface area contributed by atoms with E-state index in [0.717, 1.165) is 38.1 Å². The fourth-order valence-electron chi connectivity index (χ4n) is 6.98. The molecule has 0 bridgehead atoms. The molecule has 0 fully saturated rings. The summed E-state index contributed by atoms with van der Waals surface area (Å²) >= 11 is 0. The van der Waals surface area contributed by atoms with Crippen molar-refractivity contribution in [1.29, 1.82) is 0 Å². The first kappa shape index (κ1) is 33.2. The minimum Gasteiger partial charge on any atom is -0.456 e. The van der Waals surface area contributed by atoms with Gasteiger partial charge in [0.2, 0.25) is 5.82 Å². The summed E-state index contributed by atoms with van der Waals surface area (Å²) in [6.45, 7) is 0. The molecule has 0 unspecified atom stereocenters. The molecule has 0 saturated carbocycles. The van der Waals surface area contributed by atoms with E-state index in [-0.39, 0.29) is 11.4 Å². The molecule has 3 aromatic heterocycles. The Morgan fingerprint density at radius 3 is 1.66 bits per heavy atom. The fraction of sp³-hybridized carbons (Fsp3) is 0. The first-order valence-electron chi connectivity index (χ1n) is 17.4. The van der Waals surface area contributed by atoms with E-state index in [1.165, 1.54) is 24.3 Å². The van der Waals surface area contributed by atoms with Crippen molar-refractivity contribution < 1.29 is 26.4 Å². The third kappa shape index (κ3) is 5.43. The van der Waals surface area contributed by atoms with Gasteiger partial charge in [-0.1, -0.05) is 97.1 Å². The van der Waals surface area contributed by atoms with Crippen LogP contribution in [0.25, 0.3) is 100 Å². The Kier molecular flexibility index (Phi) is 7.63. The number of aromatic nitrogens is 5. The molecule has 0 atom stereocenters. The monoisotopic (exact) mass is 743 g/mol. The van der Waals surface area contributed by atoms with Crippen molar-refractivity contribution in [3.63, 3.8) is 0 Å². The van der Waals surface area contributed by atoms with Crippen molar-refractivity contribution in [2.45, 2.75) is 0 Å². The highest BCUT2D eigenvalue weighted by molar-refractivity contribution is 6.15. The third-order valence-corrected chi connectivity index (χ3v) is 9.77. The molecule has 0 aliphatic rings. The Morgan fingerprint density at radius 2 is 0.982 bits per heavy atom. The number of rotatable bonds is 5. The summed E-state index contributed by atoms with van der Waals surface area (Å²) in [7, 11) is 0. The molecule has 0 radical (unpaired) electrons. The second-order valence-electron chi connectivity index (χ2n) is 13.1. The molecule has 3 heterocycles. The maximum Gasteiger partial charge on any atom is 0.200 e. The molecule has 0 N–H and O–H groups in total. The minimum absolute atomic E-state index is 0.202. The standard InChI is InChI=1S/C45H22F5N5O/c46-38-36(39(47)41(49)42(50)40(38)48)24-14-18-26(19-15-24)44-53-43(25-16-12-23(13-17-25)33-22-51-31-9-3-4-10-32(31)52-33)54-45(55-44)29-8-5-11-34-37(29)30-20-27-6-1-2-7-28(27)21-35(30)56-34/h1-22H. The third-order valence-electron chi connectivity index (χ3n) is 9.77. The molecule has 268 valence electrons. The van der Waals surface area contributed by atoms with Gasteiger partial charge in [-0.05, 0) is 46.7 Å². The van der Waals surface area contributed by atoms with Gasteiger partial charge in [0.15, 0.2) is 40.7 Å². The van der Waals surface area contributed by atoms with Crippen LogP contribution in [0, 0.1) is 29.1 Å². The molecule has 10 rings (SSSR count). The van der Waals surface area contributed by atoms with Crippen LogP contribution < -0.4 is 0 Å². The van der Waals surface area contributed by atoms with Crippen molar-refractivity contribution in [2.75, 3.05) is 0 Å². The molecule has 0 saturated heterocycles. The topological polar surface area (TPSA) is 77.6 Å². The van der Waals surface area contributed by atoms with Crippen LogP contribution in [0.15, 0.2) is 138 Å². The highest BCUT2D eigenvalue weighted by atomic mass is 19.2. The summed E-state index contributed by atoms with van der Waals surface area (Å²) in [5.74, 6) is -9.29. The SMILES string of the molecule is Fc1c(F)c(F)c(-c2ccc(-c3nc(-c4ccc(-c5cnc6ccccc6n5)cc4)nc(-c4cccc5oc6cc7ccccc7cc6c45)n3)cc2)c(F)c1F. The number of para-hydroxylation sites is 2. The molecule has 6 nitrogen and oxygen atoms in total. The number of hydrogen-bond acceptors (Lipinski definition) is 6. The van der Waals surface area contributed by atoms with E-state index in [4.69, 9.17) is 24.4 Å². The number of benzene rings is 7. The quantitative estimate of drug-likeness (QED) is 0.0992. The highest BCUT2D eigenvalue weighted by Gasteiger charge is 2.27. The number of furan rings is 1. The highest BCUT2D eigenvalue weighted by Crippen LogP contribution is 2.39. The summed E-state index contributed by atoms with van der Waals surface area (Å²) in [5, 5.41) is 3.71. The maximum absolute atomic E-state index is 14.7. The summed E-state index contributed by atoms with van der Waals surface area (Å²) in [5.41, 5.74) is 4.86. The van der Waals surface area contributed by atoms with Gasteiger partial charge < -0.3 is 4.42 Å². The Morgan fingerprint density at radius 1 is 0.429 bits per heavy atom. The summed E-state index contributed by atoms with van der Waals surface area (Å²) < 4.78 is 77.7. The molecule has 0 spiro atoms. The van der Waals surface area contributed by atoms with Crippen molar-refractivity contribution in [1.82, 2.24) is 24.9 Å². The zero-order valence-electron chi connectivity index (χ0n) is 28.7. The van der Waals surface area contributed by atoms with E-state index >= 15 is 0 Å².